The normalized spacial score (nSPS) is 14.8. The largest absolute Gasteiger partial charge is 0.480 e. The maximum Gasteiger partial charge on any atom is 0.326 e. The van der Waals surface area contributed by atoms with E-state index < -0.39 is 53.8 Å². The summed E-state index contributed by atoms with van der Waals surface area (Å²) in [5.41, 5.74) is 18.2. The summed E-state index contributed by atoms with van der Waals surface area (Å²) < 4.78 is 0. The summed E-state index contributed by atoms with van der Waals surface area (Å²) in [4.78, 5) is 65.8. The van der Waals surface area contributed by atoms with Gasteiger partial charge in [0.2, 0.25) is 23.6 Å². The average molecular weight is 574 g/mol. The van der Waals surface area contributed by atoms with E-state index >= 15 is 0 Å². The van der Waals surface area contributed by atoms with Gasteiger partial charge in [0.05, 0.1) is 6.04 Å². The Labute approximate surface area is 239 Å². The zero-order valence-corrected chi connectivity index (χ0v) is 23.7. The molecule has 0 spiro atoms. The molecule has 0 radical (unpaired) electrons. The van der Waals surface area contributed by atoms with Crippen LogP contribution in [-0.4, -0.2) is 70.4 Å². The van der Waals surface area contributed by atoms with Gasteiger partial charge in [0.1, 0.15) is 18.1 Å². The van der Waals surface area contributed by atoms with Crippen LogP contribution in [0.4, 0.5) is 0 Å². The van der Waals surface area contributed by atoms with E-state index in [2.05, 4.69) is 20.9 Å². The number of nitrogens with two attached hydrogens (primary N) is 3. The van der Waals surface area contributed by atoms with E-state index in [4.69, 9.17) is 17.2 Å². The monoisotopic (exact) mass is 573 g/mol. The first kappa shape index (κ1) is 33.2. The molecule has 1 aromatic heterocycles. The van der Waals surface area contributed by atoms with Gasteiger partial charge in [0.15, 0.2) is 0 Å². The molecule has 0 aliphatic heterocycles. The molecule has 13 nitrogen and oxygen atoms in total. The lowest BCUT2D eigenvalue weighted by Gasteiger charge is -2.26. The number of para-hydroxylation sites is 1. The van der Waals surface area contributed by atoms with Crippen LogP contribution in [0.2, 0.25) is 0 Å². The van der Waals surface area contributed by atoms with Crippen molar-refractivity contribution in [2.75, 3.05) is 6.54 Å². The van der Waals surface area contributed by atoms with E-state index in [0.717, 1.165) is 16.5 Å². The molecule has 226 valence electrons. The Morgan fingerprint density at radius 3 is 2.24 bits per heavy atom. The number of rotatable bonds is 18. The van der Waals surface area contributed by atoms with E-state index in [0.29, 0.717) is 25.8 Å². The number of carboxylic acid groups (broad SMARTS) is 1. The Morgan fingerprint density at radius 1 is 0.951 bits per heavy atom. The Kier molecular flexibility index (Phi) is 13.2. The van der Waals surface area contributed by atoms with Gasteiger partial charge in [-0.25, -0.2) is 4.79 Å². The summed E-state index contributed by atoms with van der Waals surface area (Å²) in [5, 5.41) is 18.5. The van der Waals surface area contributed by atoms with Crippen LogP contribution in [0, 0.1) is 5.92 Å². The molecule has 4 amide bonds. The van der Waals surface area contributed by atoms with Crippen molar-refractivity contribution in [2.45, 2.75) is 83.0 Å². The van der Waals surface area contributed by atoms with Gasteiger partial charge in [-0.05, 0) is 49.8 Å². The molecule has 0 aliphatic rings. The van der Waals surface area contributed by atoms with Crippen LogP contribution in [-0.2, 0) is 30.4 Å². The number of aromatic nitrogens is 1. The lowest BCUT2D eigenvalue weighted by Crippen LogP contribution is -2.58. The molecule has 5 unspecified atom stereocenters. The van der Waals surface area contributed by atoms with Crippen molar-refractivity contribution in [3.05, 3.63) is 36.0 Å². The number of aromatic amines is 1. The molecular formula is C28H43N7O6. The number of nitrogens with one attached hydrogen (secondary N) is 4. The number of hydrogen-bond acceptors (Lipinski definition) is 7. The molecule has 2 rings (SSSR count). The van der Waals surface area contributed by atoms with Crippen LogP contribution >= 0.6 is 0 Å². The molecule has 1 heterocycles. The second kappa shape index (κ2) is 16.3. The highest BCUT2D eigenvalue weighted by molar-refractivity contribution is 5.95. The minimum Gasteiger partial charge on any atom is -0.480 e. The molecule has 5 atom stereocenters. The number of hydrogen-bond donors (Lipinski definition) is 8. The third-order valence-corrected chi connectivity index (χ3v) is 7.13. The minimum absolute atomic E-state index is 0.0100. The molecular weight excluding hydrogens is 530 g/mol. The van der Waals surface area contributed by atoms with Crippen LogP contribution < -0.4 is 33.2 Å². The van der Waals surface area contributed by atoms with Crippen molar-refractivity contribution in [1.29, 1.82) is 0 Å². The summed E-state index contributed by atoms with van der Waals surface area (Å²) in [6, 6.07) is 3.05. The quantitative estimate of drug-likeness (QED) is 0.113. The first-order chi connectivity index (χ1) is 19.5. The van der Waals surface area contributed by atoms with Gasteiger partial charge in [0.25, 0.3) is 0 Å². The second-order valence-corrected chi connectivity index (χ2v) is 10.3. The van der Waals surface area contributed by atoms with Crippen molar-refractivity contribution in [1.82, 2.24) is 20.9 Å². The minimum atomic E-state index is -1.18. The Morgan fingerprint density at radius 2 is 1.61 bits per heavy atom. The molecule has 0 aliphatic carbocycles. The van der Waals surface area contributed by atoms with Gasteiger partial charge in [-0.1, -0.05) is 38.5 Å². The van der Waals surface area contributed by atoms with Gasteiger partial charge in [-0.15, -0.1) is 0 Å². The number of aliphatic carboxylic acids is 1. The van der Waals surface area contributed by atoms with Crippen LogP contribution in [0.25, 0.3) is 10.9 Å². The van der Waals surface area contributed by atoms with E-state index in [-0.39, 0.29) is 31.6 Å². The number of carbonyl (C=O) groups is 5. The fourth-order valence-electron chi connectivity index (χ4n) is 4.41. The van der Waals surface area contributed by atoms with E-state index in [1.165, 1.54) is 0 Å². The van der Waals surface area contributed by atoms with Crippen LogP contribution in [0.15, 0.2) is 30.5 Å². The smallest absolute Gasteiger partial charge is 0.326 e. The highest BCUT2D eigenvalue weighted by Crippen LogP contribution is 2.20. The SMILES string of the molecule is CCC(C)C(NC(=O)C(Cc1c[nH]c2ccccc12)NC(=O)C(CCCCN)NC(=O)C(N)CCC(N)=O)C(=O)O. The maximum atomic E-state index is 13.5. The number of fused-ring (bicyclic) bond motifs is 1. The van der Waals surface area contributed by atoms with Gasteiger partial charge in [-0.2, -0.15) is 0 Å². The zero-order valence-electron chi connectivity index (χ0n) is 23.7. The summed E-state index contributed by atoms with van der Waals surface area (Å²) >= 11 is 0. The van der Waals surface area contributed by atoms with Crippen molar-refractivity contribution in [2.24, 2.45) is 23.1 Å². The Bertz CT molecular complexity index is 1200. The van der Waals surface area contributed by atoms with Crippen molar-refractivity contribution in [3.8, 4) is 0 Å². The highest BCUT2D eigenvalue weighted by atomic mass is 16.4. The fourth-order valence-corrected chi connectivity index (χ4v) is 4.41. The number of primary amides is 1. The Hall–Kier alpha value is -3.97. The van der Waals surface area contributed by atoms with E-state index in [1.54, 1.807) is 13.1 Å². The topological polar surface area (TPSA) is 236 Å². The standard InChI is InChI=1S/C28H43N7O6/c1-3-16(2)24(28(40)41)35-27(39)22(14-17-15-32-20-9-5-4-8-18(17)20)34-26(38)21(10-6-7-13-29)33-25(37)19(30)11-12-23(31)36/h4-5,8-9,15-16,19,21-22,24,32H,3,6-7,10-14,29-30H2,1-2H3,(H2,31,36)(H,33,37)(H,34,38)(H,35,39)(H,40,41). The third-order valence-electron chi connectivity index (χ3n) is 7.13. The Balaban J connectivity index is 2.31. The number of H-pyrrole nitrogens is 1. The molecule has 0 bridgehead atoms. The lowest BCUT2D eigenvalue weighted by atomic mass is 9.97. The molecule has 0 saturated carbocycles. The highest BCUT2D eigenvalue weighted by Gasteiger charge is 2.32. The molecule has 13 heteroatoms. The van der Waals surface area contributed by atoms with Crippen LogP contribution in [0.3, 0.4) is 0 Å². The summed E-state index contributed by atoms with van der Waals surface area (Å²) in [5.74, 6) is -4.07. The molecule has 11 N–H and O–H groups in total. The maximum absolute atomic E-state index is 13.5. The zero-order chi connectivity index (χ0) is 30.5. The summed E-state index contributed by atoms with van der Waals surface area (Å²) in [6.45, 7) is 3.93. The first-order valence-electron chi connectivity index (χ1n) is 13.9. The molecule has 2 aromatic rings. The summed E-state index contributed by atoms with van der Waals surface area (Å²) in [6.07, 6.45) is 3.57. The second-order valence-electron chi connectivity index (χ2n) is 10.3. The molecule has 41 heavy (non-hydrogen) atoms. The van der Waals surface area contributed by atoms with Crippen molar-refractivity contribution < 1.29 is 29.1 Å². The average Bonchev–Trinajstić information content (AvgIpc) is 3.35. The predicted octanol–water partition coefficient (Wildman–Crippen LogP) is 0.0173. The van der Waals surface area contributed by atoms with Gasteiger partial charge < -0.3 is 43.2 Å². The molecule has 1 aromatic carbocycles. The molecule has 0 fully saturated rings. The number of unbranched alkanes of at least 4 members (excludes halogenated alkanes) is 1. The summed E-state index contributed by atoms with van der Waals surface area (Å²) in [7, 11) is 0. The van der Waals surface area contributed by atoms with E-state index in [1.807, 2.05) is 31.2 Å². The number of benzene rings is 1. The van der Waals surface area contributed by atoms with Gasteiger partial charge >= 0.3 is 5.97 Å². The van der Waals surface area contributed by atoms with E-state index in [9.17, 15) is 29.1 Å². The van der Waals surface area contributed by atoms with Crippen LogP contribution in [0.5, 0.6) is 0 Å². The number of carbonyl (C=O) groups excluding carboxylic acids is 4. The van der Waals surface area contributed by atoms with Gasteiger partial charge in [-0.3, -0.25) is 19.2 Å². The van der Waals surface area contributed by atoms with Gasteiger partial charge in [0, 0.05) is 29.9 Å². The van der Waals surface area contributed by atoms with Crippen LogP contribution in [0.1, 0.15) is 57.9 Å². The lowest BCUT2D eigenvalue weighted by molar-refractivity contribution is -0.143. The number of amides is 4. The van der Waals surface area contributed by atoms with Crippen molar-refractivity contribution in [3.63, 3.8) is 0 Å². The molecule has 0 saturated heterocycles. The van der Waals surface area contributed by atoms with Crippen molar-refractivity contribution >= 4 is 40.5 Å². The third kappa shape index (κ3) is 10.2. The fraction of sp³-hybridized carbons (Fsp3) is 0.536. The number of carboxylic acids is 1. The first-order valence-corrected chi connectivity index (χ1v) is 13.9. The predicted molar refractivity (Wildman–Crippen MR) is 154 cm³/mol.